The predicted octanol–water partition coefficient (Wildman–Crippen LogP) is 7.28. The van der Waals surface area contributed by atoms with Gasteiger partial charge in [-0.2, -0.15) is 0 Å². The second-order valence-corrected chi connectivity index (χ2v) is 9.76. The first-order valence-corrected chi connectivity index (χ1v) is 12.2. The molecule has 2 aromatic carbocycles. The van der Waals surface area contributed by atoms with Crippen LogP contribution in [0, 0.1) is 20.8 Å². The van der Waals surface area contributed by atoms with E-state index in [1.807, 2.05) is 66.9 Å². The molecule has 1 aliphatic heterocycles. The molecule has 2 atom stereocenters. The van der Waals surface area contributed by atoms with Crippen LogP contribution in [0.25, 0.3) is 5.69 Å². The first-order valence-electron chi connectivity index (χ1n) is 11.1. The molecule has 172 valence electrons. The Morgan fingerprint density at radius 1 is 0.853 bits per heavy atom. The van der Waals surface area contributed by atoms with E-state index in [1.54, 1.807) is 0 Å². The summed E-state index contributed by atoms with van der Waals surface area (Å²) in [5.41, 5.74) is 7.72. The Morgan fingerprint density at radius 3 is 2.29 bits per heavy atom. The van der Waals surface area contributed by atoms with Crippen molar-refractivity contribution in [3.8, 4) is 5.69 Å². The number of rotatable bonds is 4. The summed E-state index contributed by atoms with van der Waals surface area (Å²) in [6.45, 7) is 6.48. The number of halogens is 2. The van der Waals surface area contributed by atoms with Crippen LogP contribution in [-0.2, 0) is 0 Å². The van der Waals surface area contributed by atoms with Crippen LogP contribution >= 0.6 is 35.4 Å². The van der Waals surface area contributed by atoms with Crippen molar-refractivity contribution in [2.45, 2.75) is 32.9 Å². The van der Waals surface area contributed by atoms with Crippen LogP contribution in [0.2, 0.25) is 10.0 Å². The van der Waals surface area contributed by atoms with Gasteiger partial charge in [0.25, 0.3) is 0 Å². The Hall–Kier alpha value is -2.86. The molecule has 0 bridgehead atoms. The van der Waals surface area contributed by atoms with E-state index < -0.39 is 0 Å². The van der Waals surface area contributed by atoms with Crippen LogP contribution in [0.1, 0.15) is 40.3 Å². The average Bonchev–Trinajstić information content (AvgIpc) is 3.27. The zero-order valence-corrected chi connectivity index (χ0v) is 21.4. The molecule has 3 heterocycles. The monoisotopic (exact) mass is 506 g/mol. The Bertz CT molecular complexity index is 1370. The van der Waals surface area contributed by atoms with Crippen molar-refractivity contribution in [2.24, 2.45) is 0 Å². The first-order chi connectivity index (χ1) is 16.4. The Morgan fingerprint density at radius 2 is 1.62 bits per heavy atom. The van der Waals surface area contributed by atoms with Gasteiger partial charge in [0.1, 0.15) is 0 Å². The number of pyridine rings is 1. The molecule has 34 heavy (non-hydrogen) atoms. The van der Waals surface area contributed by atoms with Crippen molar-refractivity contribution < 1.29 is 0 Å². The van der Waals surface area contributed by atoms with Gasteiger partial charge in [0.05, 0.1) is 17.8 Å². The van der Waals surface area contributed by atoms with Gasteiger partial charge in [-0.3, -0.25) is 4.98 Å². The van der Waals surface area contributed by atoms with Crippen LogP contribution in [0.3, 0.4) is 0 Å². The van der Waals surface area contributed by atoms with Crippen molar-refractivity contribution in [1.29, 1.82) is 0 Å². The SMILES string of the molecule is Cc1c([C@H]2[C@@H](c3ccccn3)NC(=S)N2c2ccc(Cl)cc2)c(C)n(-c2cccc(Cl)c2)c1C. The number of hydrogen-bond donors (Lipinski definition) is 1. The fraction of sp³-hybridized carbons (Fsp3) is 0.185. The fourth-order valence-electron chi connectivity index (χ4n) is 4.97. The van der Waals surface area contributed by atoms with E-state index in [0.29, 0.717) is 15.2 Å². The predicted molar refractivity (Wildman–Crippen MR) is 144 cm³/mol. The van der Waals surface area contributed by atoms with Gasteiger partial charge in [-0.15, -0.1) is 0 Å². The largest absolute Gasteiger partial charge is 0.351 e. The molecule has 0 saturated carbocycles. The quantitative estimate of drug-likeness (QED) is 0.294. The van der Waals surface area contributed by atoms with Crippen molar-refractivity contribution in [2.75, 3.05) is 4.90 Å². The minimum absolute atomic E-state index is 0.0947. The number of thiocarbonyl (C=S) groups is 1. The summed E-state index contributed by atoms with van der Waals surface area (Å²) >= 11 is 18.4. The van der Waals surface area contributed by atoms with E-state index in [0.717, 1.165) is 22.8 Å². The highest BCUT2D eigenvalue weighted by Crippen LogP contribution is 2.45. The van der Waals surface area contributed by atoms with Crippen molar-refractivity contribution in [3.63, 3.8) is 0 Å². The lowest BCUT2D eigenvalue weighted by atomic mass is 9.93. The van der Waals surface area contributed by atoms with Gasteiger partial charge < -0.3 is 14.8 Å². The third kappa shape index (κ3) is 3.88. The molecule has 0 spiro atoms. The van der Waals surface area contributed by atoms with E-state index in [4.69, 9.17) is 35.4 Å². The van der Waals surface area contributed by atoms with Crippen molar-refractivity contribution in [1.82, 2.24) is 14.9 Å². The number of anilines is 1. The Labute approximate surface area is 215 Å². The molecule has 0 amide bonds. The standard InChI is InChI=1S/C27H24Cl2N4S/c1-16-17(2)32(22-8-6-7-20(29)15-22)18(3)24(16)26-25(23-9-4-5-14-30-23)31-27(34)33(26)21-12-10-19(28)11-13-21/h4-15,25-26H,1-3H3,(H,31,34)/t25-,26+/m1/s1. The topological polar surface area (TPSA) is 33.1 Å². The summed E-state index contributed by atoms with van der Waals surface area (Å²) < 4.78 is 2.27. The number of benzene rings is 2. The lowest BCUT2D eigenvalue weighted by molar-refractivity contribution is 0.563. The van der Waals surface area contributed by atoms with Gasteiger partial charge in [-0.25, -0.2) is 0 Å². The third-order valence-corrected chi connectivity index (χ3v) is 7.37. The van der Waals surface area contributed by atoms with Crippen LogP contribution in [-0.4, -0.2) is 14.7 Å². The van der Waals surface area contributed by atoms with Gasteiger partial charge in [0.15, 0.2) is 5.11 Å². The highest BCUT2D eigenvalue weighted by atomic mass is 35.5. The molecular weight excluding hydrogens is 483 g/mol. The third-order valence-electron chi connectivity index (χ3n) is 6.57. The summed E-state index contributed by atoms with van der Waals surface area (Å²) in [5.74, 6) is 0. The minimum Gasteiger partial charge on any atom is -0.351 e. The van der Waals surface area contributed by atoms with Gasteiger partial charge >= 0.3 is 0 Å². The molecule has 0 unspecified atom stereocenters. The Balaban J connectivity index is 1.73. The number of aromatic nitrogens is 2. The zero-order chi connectivity index (χ0) is 24.0. The van der Waals surface area contributed by atoms with E-state index in [9.17, 15) is 0 Å². The van der Waals surface area contributed by atoms with Crippen LogP contribution in [0.4, 0.5) is 5.69 Å². The van der Waals surface area contributed by atoms with Crippen LogP contribution in [0.5, 0.6) is 0 Å². The molecule has 0 radical (unpaired) electrons. The second kappa shape index (κ2) is 9.06. The summed E-state index contributed by atoms with van der Waals surface area (Å²) in [6, 6.07) is 21.5. The smallest absolute Gasteiger partial charge is 0.174 e. The fourth-order valence-corrected chi connectivity index (χ4v) is 5.63. The Kier molecular flexibility index (Phi) is 6.11. The second-order valence-electron chi connectivity index (χ2n) is 8.50. The molecule has 1 saturated heterocycles. The summed E-state index contributed by atoms with van der Waals surface area (Å²) in [4.78, 5) is 6.86. The molecule has 0 aliphatic carbocycles. The molecule has 5 rings (SSSR count). The number of nitrogens with one attached hydrogen (secondary N) is 1. The summed E-state index contributed by atoms with van der Waals surface area (Å²) in [6.07, 6.45) is 1.82. The lowest BCUT2D eigenvalue weighted by Gasteiger charge is -2.29. The van der Waals surface area contributed by atoms with Gasteiger partial charge in [-0.1, -0.05) is 35.3 Å². The van der Waals surface area contributed by atoms with Crippen LogP contribution < -0.4 is 10.2 Å². The van der Waals surface area contributed by atoms with Crippen molar-refractivity contribution >= 4 is 46.2 Å². The zero-order valence-electron chi connectivity index (χ0n) is 19.1. The molecule has 1 aliphatic rings. The summed E-state index contributed by atoms with van der Waals surface area (Å²) in [7, 11) is 0. The molecular formula is C27H24Cl2N4S. The average molecular weight is 507 g/mol. The molecule has 7 heteroatoms. The summed E-state index contributed by atoms with van der Waals surface area (Å²) in [5, 5.41) is 5.61. The maximum absolute atomic E-state index is 6.34. The highest BCUT2D eigenvalue weighted by Gasteiger charge is 2.43. The molecule has 2 aromatic heterocycles. The maximum atomic E-state index is 6.34. The van der Waals surface area contributed by atoms with E-state index in [1.165, 1.54) is 16.8 Å². The first kappa shape index (κ1) is 22.9. The van der Waals surface area contributed by atoms with Gasteiger partial charge in [0, 0.05) is 44.6 Å². The number of hydrogen-bond acceptors (Lipinski definition) is 2. The van der Waals surface area contributed by atoms with E-state index in [2.05, 4.69) is 46.6 Å². The van der Waals surface area contributed by atoms with Gasteiger partial charge in [0.2, 0.25) is 0 Å². The molecule has 1 fully saturated rings. The van der Waals surface area contributed by atoms with E-state index in [-0.39, 0.29) is 12.1 Å². The lowest BCUT2D eigenvalue weighted by Crippen LogP contribution is -2.29. The van der Waals surface area contributed by atoms with Gasteiger partial charge in [-0.05, 0) is 93.1 Å². The maximum Gasteiger partial charge on any atom is 0.174 e. The minimum atomic E-state index is -0.114. The highest BCUT2D eigenvalue weighted by molar-refractivity contribution is 7.80. The molecule has 1 N–H and O–H groups in total. The normalized spacial score (nSPS) is 17.8. The number of nitrogens with zero attached hydrogens (tertiary/aromatic N) is 3. The van der Waals surface area contributed by atoms with Crippen molar-refractivity contribution in [3.05, 3.63) is 111 Å². The molecule has 4 nitrogen and oxygen atoms in total. The molecule has 4 aromatic rings. The van der Waals surface area contributed by atoms with E-state index >= 15 is 0 Å². The van der Waals surface area contributed by atoms with Crippen LogP contribution in [0.15, 0.2) is 72.9 Å².